The lowest BCUT2D eigenvalue weighted by Gasteiger charge is -2.52. The molecule has 2 unspecified atom stereocenters. The molecular weight excluding hydrogens is 431 g/mol. The predicted octanol–water partition coefficient (Wildman–Crippen LogP) is 4.14. The number of nitrogens with zero attached hydrogens (tertiary/aromatic N) is 3. The maximum absolute atomic E-state index is 13.0. The lowest BCUT2D eigenvalue weighted by atomic mass is 9.83. The van der Waals surface area contributed by atoms with Crippen LogP contribution in [0.15, 0.2) is 18.2 Å². The van der Waals surface area contributed by atoms with Crippen molar-refractivity contribution < 1.29 is 22.8 Å². The average molecular weight is 458 g/mol. The van der Waals surface area contributed by atoms with E-state index in [-0.39, 0.29) is 29.4 Å². The molecule has 1 aromatic rings. The topological polar surface area (TPSA) is 43.9 Å². The number of hydrogen-bond donors (Lipinski definition) is 0. The van der Waals surface area contributed by atoms with Crippen LogP contribution in [0, 0.1) is 5.92 Å². The van der Waals surface area contributed by atoms with Crippen LogP contribution < -0.4 is 0 Å². The largest absolute Gasteiger partial charge is 0.417 e. The van der Waals surface area contributed by atoms with Crippen molar-refractivity contribution in [1.29, 1.82) is 0 Å². The molecule has 170 valence electrons. The van der Waals surface area contributed by atoms with Gasteiger partial charge < -0.3 is 9.80 Å². The predicted molar refractivity (Wildman–Crippen MR) is 110 cm³/mol. The van der Waals surface area contributed by atoms with Gasteiger partial charge in [0, 0.05) is 26.1 Å². The van der Waals surface area contributed by atoms with Gasteiger partial charge in [-0.3, -0.25) is 14.5 Å². The van der Waals surface area contributed by atoms with Gasteiger partial charge in [0.15, 0.2) is 0 Å². The minimum absolute atomic E-state index is 0.0247. The second-order valence-corrected chi connectivity index (χ2v) is 9.27. The second kappa shape index (κ2) is 8.62. The smallest absolute Gasteiger partial charge is 0.337 e. The number of carbonyl (C=O) groups excluding carboxylic acids is 2. The third-order valence-corrected chi connectivity index (χ3v) is 7.18. The molecule has 4 rings (SSSR count). The highest BCUT2D eigenvalue weighted by Crippen LogP contribution is 2.36. The van der Waals surface area contributed by atoms with Crippen molar-refractivity contribution in [2.45, 2.75) is 64.0 Å². The van der Waals surface area contributed by atoms with Gasteiger partial charge >= 0.3 is 6.18 Å². The van der Waals surface area contributed by atoms with Gasteiger partial charge in [-0.25, -0.2) is 0 Å². The normalized spacial score (nSPS) is 25.6. The Morgan fingerprint density at radius 3 is 2.55 bits per heavy atom. The van der Waals surface area contributed by atoms with E-state index in [9.17, 15) is 22.8 Å². The van der Waals surface area contributed by atoms with Crippen molar-refractivity contribution >= 4 is 23.4 Å². The zero-order chi connectivity index (χ0) is 22.3. The highest BCUT2D eigenvalue weighted by Gasteiger charge is 2.45. The number of carbonyl (C=O) groups is 2. The van der Waals surface area contributed by atoms with Crippen molar-refractivity contribution in [2.75, 3.05) is 19.6 Å². The van der Waals surface area contributed by atoms with Crippen LogP contribution in [0.4, 0.5) is 13.2 Å². The molecule has 0 aromatic heterocycles. The highest BCUT2D eigenvalue weighted by atomic mass is 35.5. The third-order valence-electron chi connectivity index (χ3n) is 6.87. The SMILES string of the molecule is CC1C(=O)N(CCC2CCC2)CC2N(Cc3ccc(C(F)(F)F)c(Cl)c3)CCC(=O)N12. The summed E-state index contributed by atoms with van der Waals surface area (Å²) >= 11 is 5.89. The van der Waals surface area contributed by atoms with Crippen LogP contribution in [-0.2, 0) is 22.3 Å². The molecule has 3 fully saturated rings. The fraction of sp³-hybridized carbons (Fsp3) is 0.636. The fourth-order valence-corrected chi connectivity index (χ4v) is 5.14. The fourth-order valence-electron chi connectivity index (χ4n) is 4.83. The van der Waals surface area contributed by atoms with Crippen molar-refractivity contribution in [3.05, 3.63) is 34.3 Å². The molecule has 2 amide bonds. The number of piperazine rings is 1. The summed E-state index contributed by atoms with van der Waals surface area (Å²) in [6, 6.07) is 3.24. The first-order valence-electron chi connectivity index (χ1n) is 10.8. The molecule has 2 saturated heterocycles. The molecule has 1 saturated carbocycles. The van der Waals surface area contributed by atoms with Gasteiger partial charge in [0.05, 0.1) is 17.1 Å². The Morgan fingerprint density at radius 2 is 1.94 bits per heavy atom. The monoisotopic (exact) mass is 457 g/mol. The zero-order valence-corrected chi connectivity index (χ0v) is 18.3. The number of benzene rings is 1. The van der Waals surface area contributed by atoms with E-state index >= 15 is 0 Å². The Hall–Kier alpha value is -1.80. The van der Waals surface area contributed by atoms with Gasteiger partial charge in [-0.05, 0) is 37.0 Å². The van der Waals surface area contributed by atoms with Crippen LogP contribution in [0.3, 0.4) is 0 Å². The zero-order valence-electron chi connectivity index (χ0n) is 17.5. The van der Waals surface area contributed by atoms with Gasteiger partial charge in [0.2, 0.25) is 11.8 Å². The molecule has 1 aliphatic carbocycles. The Morgan fingerprint density at radius 1 is 1.19 bits per heavy atom. The van der Waals surface area contributed by atoms with Crippen molar-refractivity contribution in [1.82, 2.24) is 14.7 Å². The van der Waals surface area contributed by atoms with E-state index in [2.05, 4.69) is 4.90 Å². The summed E-state index contributed by atoms with van der Waals surface area (Å²) in [5, 5.41) is -0.329. The lowest BCUT2D eigenvalue weighted by molar-refractivity contribution is -0.169. The van der Waals surface area contributed by atoms with Crippen LogP contribution in [0.5, 0.6) is 0 Å². The molecule has 2 aliphatic heterocycles. The van der Waals surface area contributed by atoms with Crippen molar-refractivity contribution in [2.24, 2.45) is 5.92 Å². The summed E-state index contributed by atoms with van der Waals surface area (Å²) in [6.07, 6.45) is 0.168. The minimum atomic E-state index is -4.50. The molecule has 0 N–H and O–H groups in total. The molecule has 3 aliphatic rings. The summed E-state index contributed by atoms with van der Waals surface area (Å²) in [6.45, 7) is 3.74. The third kappa shape index (κ3) is 4.55. The first-order valence-corrected chi connectivity index (χ1v) is 11.2. The molecule has 5 nitrogen and oxygen atoms in total. The molecule has 31 heavy (non-hydrogen) atoms. The van der Waals surface area contributed by atoms with E-state index in [4.69, 9.17) is 11.6 Å². The van der Waals surface area contributed by atoms with Crippen LogP contribution >= 0.6 is 11.6 Å². The Kier molecular flexibility index (Phi) is 6.23. The first-order chi connectivity index (χ1) is 14.6. The summed E-state index contributed by atoms with van der Waals surface area (Å²) in [5.41, 5.74) is -0.203. The number of alkyl halides is 3. The Bertz CT molecular complexity index is 859. The summed E-state index contributed by atoms with van der Waals surface area (Å²) in [7, 11) is 0. The summed E-state index contributed by atoms with van der Waals surface area (Å²) in [4.78, 5) is 31.1. The van der Waals surface area contributed by atoms with Gasteiger partial charge in [0.25, 0.3) is 0 Å². The molecule has 0 bridgehead atoms. The molecule has 1 aromatic carbocycles. The van der Waals surface area contributed by atoms with E-state index in [0.717, 1.165) is 12.5 Å². The highest BCUT2D eigenvalue weighted by molar-refractivity contribution is 6.31. The molecule has 0 radical (unpaired) electrons. The van der Waals surface area contributed by atoms with E-state index in [0.29, 0.717) is 37.7 Å². The van der Waals surface area contributed by atoms with Crippen LogP contribution in [0.25, 0.3) is 0 Å². The summed E-state index contributed by atoms with van der Waals surface area (Å²) in [5.74, 6) is 0.606. The maximum Gasteiger partial charge on any atom is 0.417 e. The molecule has 0 spiro atoms. The summed E-state index contributed by atoms with van der Waals surface area (Å²) < 4.78 is 39.0. The van der Waals surface area contributed by atoms with Gasteiger partial charge in [0.1, 0.15) is 12.2 Å². The van der Waals surface area contributed by atoms with E-state index in [1.807, 2.05) is 4.90 Å². The number of fused-ring (bicyclic) bond motifs is 1. The average Bonchev–Trinajstić information content (AvgIpc) is 2.65. The number of halogens is 4. The molecule has 2 heterocycles. The van der Waals surface area contributed by atoms with Crippen LogP contribution in [0.1, 0.15) is 50.2 Å². The minimum Gasteiger partial charge on any atom is -0.337 e. The van der Waals surface area contributed by atoms with Gasteiger partial charge in [-0.2, -0.15) is 13.2 Å². The Balaban J connectivity index is 1.50. The van der Waals surface area contributed by atoms with Crippen LogP contribution in [0.2, 0.25) is 5.02 Å². The van der Waals surface area contributed by atoms with E-state index in [1.54, 1.807) is 11.8 Å². The van der Waals surface area contributed by atoms with Crippen LogP contribution in [-0.4, -0.2) is 58.4 Å². The van der Waals surface area contributed by atoms with Crippen molar-refractivity contribution in [3.8, 4) is 0 Å². The number of hydrogen-bond acceptors (Lipinski definition) is 3. The number of amides is 2. The van der Waals surface area contributed by atoms with Crippen molar-refractivity contribution in [3.63, 3.8) is 0 Å². The maximum atomic E-state index is 13.0. The second-order valence-electron chi connectivity index (χ2n) is 8.86. The standard InChI is InChI=1S/C22H27ClF3N3O2/c1-14-21(31)28(9-7-15-3-2-4-15)13-19-27(10-8-20(30)29(14)19)12-16-5-6-17(18(23)11-16)22(24,25)26/h5-6,11,14-15,19H,2-4,7-10,12-13H2,1H3. The Labute approximate surface area is 185 Å². The van der Waals surface area contributed by atoms with Gasteiger partial charge in [-0.1, -0.05) is 36.9 Å². The molecule has 9 heteroatoms. The number of rotatable bonds is 5. The molecule has 2 atom stereocenters. The van der Waals surface area contributed by atoms with E-state index < -0.39 is 17.8 Å². The first kappa shape index (κ1) is 22.4. The quantitative estimate of drug-likeness (QED) is 0.667. The van der Waals surface area contributed by atoms with Gasteiger partial charge in [-0.15, -0.1) is 0 Å². The molecular formula is C22H27ClF3N3O2. The lowest BCUT2D eigenvalue weighted by Crippen LogP contribution is -2.69. The van der Waals surface area contributed by atoms with E-state index in [1.165, 1.54) is 31.4 Å².